The Morgan fingerprint density at radius 3 is 1.90 bits per heavy atom. The van der Waals surface area contributed by atoms with Gasteiger partial charge in [-0.1, -0.05) is 90.8 Å². The molecule has 2 nitrogen and oxygen atoms in total. The number of allylic oxidation sites excluding steroid dienone is 2. The third-order valence-corrected chi connectivity index (χ3v) is 5.69. The first-order valence-corrected chi connectivity index (χ1v) is 10.4. The normalized spacial score (nSPS) is 14.2. The van der Waals surface area contributed by atoms with Crippen LogP contribution >= 0.6 is 23.2 Å². The number of nitrogens with zero attached hydrogens (tertiary/aromatic N) is 2. The van der Waals surface area contributed by atoms with Crippen LogP contribution in [0.2, 0.25) is 10.0 Å². The van der Waals surface area contributed by atoms with Crippen LogP contribution in [0.5, 0.6) is 0 Å². The van der Waals surface area contributed by atoms with Gasteiger partial charge in [0.15, 0.2) is 0 Å². The third kappa shape index (κ3) is 5.11. The second-order valence-electron chi connectivity index (χ2n) is 7.15. The van der Waals surface area contributed by atoms with E-state index in [1.807, 2.05) is 79.7 Å². The van der Waals surface area contributed by atoms with Crippen LogP contribution in [0.25, 0.3) is 5.57 Å². The molecule has 4 heteroatoms. The van der Waals surface area contributed by atoms with E-state index in [1.54, 1.807) is 12.1 Å². The molecule has 0 aliphatic rings. The van der Waals surface area contributed by atoms with Gasteiger partial charge in [0.25, 0.3) is 0 Å². The first-order valence-electron chi connectivity index (χ1n) is 9.61. The van der Waals surface area contributed by atoms with Crippen molar-refractivity contribution in [2.24, 2.45) is 5.92 Å². The Morgan fingerprint density at radius 1 is 0.800 bits per heavy atom. The minimum absolute atomic E-state index is 0.0821. The highest BCUT2D eigenvalue weighted by molar-refractivity contribution is 6.30. The smallest absolute Gasteiger partial charge is 0.0994 e. The van der Waals surface area contributed by atoms with E-state index in [-0.39, 0.29) is 17.8 Å². The van der Waals surface area contributed by atoms with Gasteiger partial charge in [0.2, 0.25) is 0 Å². The topological polar surface area (TPSA) is 47.6 Å². The molecule has 3 aromatic carbocycles. The van der Waals surface area contributed by atoms with E-state index in [0.717, 1.165) is 16.7 Å². The molecular weight excluding hydrogens is 411 g/mol. The summed E-state index contributed by atoms with van der Waals surface area (Å²) in [4.78, 5) is 0. The van der Waals surface area contributed by atoms with Crippen LogP contribution in [0, 0.1) is 28.6 Å². The predicted molar refractivity (Wildman–Crippen MR) is 123 cm³/mol. The van der Waals surface area contributed by atoms with E-state index in [9.17, 15) is 10.5 Å². The molecule has 0 heterocycles. The lowest BCUT2D eigenvalue weighted by Crippen LogP contribution is -2.17. The lowest BCUT2D eigenvalue weighted by atomic mass is 9.74. The van der Waals surface area contributed by atoms with Crippen molar-refractivity contribution >= 4 is 28.8 Å². The van der Waals surface area contributed by atoms with Gasteiger partial charge in [-0.25, -0.2) is 0 Å². The summed E-state index contributed by atoms with van der Waals surface area (Å²) >= 11 is 12.1. The molecule has 0 spiro atoms. The number of halogens is 2. The molecule has 0 radical (unpaired) electrons. The highest BCUT2D eigenvalue weighted by atomic mass is 35.5. The average Bonchev–Trinajstić information content (AvgIpc) is 2.77. The Morgan fingerprint density at radius 2 is 1.37 bits per heavy atom. The van der Waals surface area contributed by atoms with Gasteiger partial charge in [0, 0.05) is 16.0 Å². The van der Waals surface area contributed by atoms with Crippen LogP contribution in [0.3, 0.4) is 0 Å². The van der Waals surface area contributed by atoms with Crippen molar-refractivity contribution in [2.45, 2.75) is 18.8 Å². The zero-order chi connectivity index (χ0) is 21.5. The largest absolute Gasteiger partial charge is 0.198 e. The summed E-state index contributed by atoms with van der Waals surface area (Å²) in [5.41, 5.74) is 3.32. The molecule has 0 aromatic heterocycles. The van der Waals surface area contributed by atoms with E-state index in [1.165, 1.54) is 0 Å². The average molecular weight is 431 g/mol. The van der Waals surface area contributed by atoms with Gasteiger partial charge in [-0.05, 0) is 46.9 Å². The van der Waals surface area contributed by atoms with Crippen LogP contribution in [-0.2, 0) is 0 Å². The van der Waals surface area contributed by atoms with E-state index in [2.05, 4.69) is 12.1 Å². The fraction of sp³-hybridized carbons (Fsp3) is 0.154. The summed E-state index contributed by atoms with van der Waals surface area (Å²) in [5, 5.41) is 21.1. The molecule has 3 aromatic rings. The molecule has 0 N–H and O–H groups in total. The summed E-state index contributed by atoms with van der Waals surface area (Å²) in [6, 6.07) is 29.3. The maximum atomic E-state index is 10.1. The maximum Gasteiger partial charge on any atom is 0.0994 e. The van der Waals surface area contributed by atoms with Crippen molar-refractivity contribution in [3.05, 3.63) is 112 Å². The summed E-state index contributed by atoms with van der Waals surface area (Å²) in [7, 11) is 0. The third-order valence-electron chi connectivity index (χ3n) is 5.18. The molecule has 148 valence electrons. The second kappa shape index (κ2) is 10.1. The lowest BCUT2D eigenvalue weighted by Gasteiger charge is -2.27. The van der Waals surface area contributed by atoms with Crippen LogP contribution in [-0.4, -0.2) is 0 Å². The predicted octanol–water partition coefficient (Wildman–Crippen LogP) is 7.63. The molecule has 0 fully saturated rings. The van der Waals surface area contributed by atoms with Crippen LogP contribution in [0.15, 0.2) is 84.9 Å². The zero-order valence-corrected chi connectivity index (χ0v) is 18.0. The standard InChI is InChI=1S/C26H20Cl2N2/c1-18(15-22(16-29)19-7-11-23(27)12-8-19)26(21-9-13-24(28)14-10-21)25(17-30)20-5-3-2-4-6-20/h2-15,18,25-26H,1H3/b22-15+. The van der Waals surface area contributed by atoms with Gasteiger partial charge < -0.3 is 0 Å². The van der Waals surface area contributed by atoms with E-state index in [0.29, 0.717) is 15.6 Å². The summed E-state index contributed by atoms with van der Waals surface area (Å²) in [5.74, 6) is -0.601. The molecule has 30 heavy (non-hydrogen) atoms. The fourth-order valence-corrected chi connectivity index (χ4v) is 3.95. The van der Waals surface area contributed by atoms with Gasteiger partial charge in [0.1, 0.15) is 0 Å². The summed E-state index contributed by atoms with van der Waals surface area (Å²) in [6.07, 6.45) is 1.94. The van der Waals surface area contributed by atoms with Gasteiger partial charge in [-0.15, -0.1) is 0 Å². The molecule has 3 atom stereocenters. The molecular formula is C26H20Cl2N2. The molecule has 3 unspecified atom stereocenters. The first-order chi connectivity index (χ1) is 14.5. The maximum absolute atomic E-state index is 10.1. The van der Waals surface area contributed by atoms with Crippen molar-refractivity contribution in [3.8, 4) is 12.1 Å². The molecule has 0 aliphatic carbocycles. The van der Waals surface area contributed by atoms with E-state index >= 15 is 0 Å². The minimum Gasteiger partial charge on any atom is -0.198 e. The molecule has 0 amide bonds. The van der Waals surface area contributed by atoms with Gasteiger partial charge in [-0.2, -0.15) is 10.5 Å². The number of hydrogen-bond donors (Lipinski definition) is 0. The molecule has 0 saturated carbocycles. The van der Waals surface area contributed by atoms with Gasteiger partial charge in [-0.3, -0.25) is 0 Å². The number of benzene rings is 3. The summed E-state index contributed by atoms with van der Waals surface area (Å²) < 4.78 is 0. The highest BCUT2D eigenvalue weighted by Gasteiger charge is 2.29. The van der Waals surface area contributed by atoms with Gasteiger partial charge in [0.05, 0.1) is 23.6 Å². The summed E-state index contributed by atoms with van der Waals surface area (Å²) in [6.45, 7) is 2.04. The van der Waals surface area contributed by atoms with Crippen molar-refractivity contribution in [2.75, 3.05) is 0 Å². The number of hydrogen-bond acceptors (Lipinski definition) is 2. The van der Waals surface area contributed by atoms with E-state index in [4.69, 9.17) is 23.2 Å². The Labute approximate surface area is 187 Å². The Kier molecular flexibility index (Phi) is 7.31. The quantitative estimate of drug-likeness (QED) is 0.377. The second-order valence-corrected chi connectivity index (χ2v) is 8.03. The Bertz CT molecular complexity index is 1090. The molecule has 0 saturated heterocycles. The lowest BCUT2D eigenvalue weighted by molar-refractivity contribution is 0.508. The fourth-order valence-electron chi connectivity index (χ4n) is 3.70. The zero-order valence-electron chi connectivity index (χ0n) is 16.5. The highest BCUT2D eigenvalue weighted by Crippen LogP contribution is 2.40. The molecule has 0 aliphatic heterocycles. The first kappa shape index (κ1) is 21.7. The number of nitriles is 2. The van der Waals surface area contributed by atoms with E-state index < -0.39 is 0 Å². The Balaban J connectivity index is 2.07. The van der Waals surface area contributed by atoms with Crippen molar-refractivity contribution in [1.82, 2.24) is 0 Å². The monoisotopic (exact) mass is 430 g/mol. The van der Waals surface area contributed by atoms with Crippen molar-refractivity contribution in [3.63, 3.8) is 0 Å². The van der Waals surface area contributed by atoms with Crippen LogP contribution < -0.4 is 0 Å². The van der Waals surface area contributed by atoms with Crippen LogP contribution in [0.1, 0.15) is 35.4 Å². The van der Waals surface area contributed by atoms with Crippen molar-refractivity contribution in [1.29, 1.82) is 10.5 Å². The molecule has 3 rings (SSSR count). The van der Waals surface area contributed by atoms with Crippen LogP contribution in [0.4, 0.5) is 0 Å². The molecule has 0 bridgehead atoms. The SMILES string of the molecule is CC(/C=C(\C#N)c1ccc(Cl)cc1)C(c1ccc(Cl)cc1)C(C#N)c1ccccc1. The number of rotatable bonds is 6. The Hall–Kier alpha value is -3.04. The van der Waals surface area contributed by atoms with Crippen molar-refractivity contribution < 1.29 is 0 Å². The minimum atomic E-state index is -0.371. The van der Waals surface area contributed by atoms with Gasteiger partial charge >= 0.3 is 0 Å².